The molecule has 0 bridgehead atoms. The van der Waals surface area contributed by atoms with Crippen molar-refractivity contribution in [3.8, 4) is 11.5 Å². The van der Waals surface area contributed by atoms with Gasteiger partial charge in [0.25, 0.3) is 5.91 Å². The van der Waals surface area contributed by atoms with Crippen LogP contribution in [0.4, 0.5) is 0 Å². The largest absolute Gasteiger partial charge is 0.504 e. The van der Waals surface area contributed by atoms with Gasteiger partial charge in [0.15, 0.2) is 11.5 Å². The van der Waals surface area contributed by atoms with Gasteiger partial charge in [-0.2, -0.15) is 0 Å². The van der Waals surface area contributed by atoms with E-state index in [9.17, 15) is 14.7 Å². The van der Waals surface area contributed by atoms with Gasteiger partial charge in [-0.25, -0.2) is 0 Å². The molecule has 1 aliphatic rings. The number of phenols is 1. The molecule has 2 rings (SSSR count). The van der Waals surface area contributed by atoms with Crippen molar-refractivity contribution in [2.75, 3.05) is 13.7 Å². The number of benzene rings is 1. The average molecular weight is 264 g/mol. The minimum absolute atomic E-state index is 0.00420. The molecule has 19 heavy (non-hydrogen) atoms. The van der Waals surface area contributed by atoms with Crippen molar-refractivity contribution in [3.63, 3.8) is 0 Å². The number of aromatic hydroxyl groups is 1. The van der Waals surface area contributed by atoms with Gasteiger partial charge in [-0.05, 0) is 24.6 Å². The first-order valence-corrected chi connectivity index (χ1v) is 6.04. The fourth-order valence-corrected chi connectivity index (χ4v) is 1.97. The van der Waals surface area contributed by atoms with Crippen LogP contribution in [0.1, 0.15) is 23.2 Å². The topological polar surface area (TPSA) is 87.7 Å². The summed E-state index contributed by atoms with van der Waals surface area (Å²) >= 11 is 0. The Balaban J connectivity index is 1.94. The summed E-state index contributed by atoms with van der Waals surface area (Å²) < 4.78 is 4.94. The van der Waals surface area contributed by atoms with Crippen molar-refractivity contribution in [1.82, 2.24) is 10.6 Å². The summed E-state index contributed by atoms with van der Waals surface area (Å²) in [6.07, 6.45) is 1.24. The third-order valence-corrected chi connectivity index (χ3v) is 3.04. The van der Waals surface area contributed by atoms with E-state index in [0.717, 1.165) is 6.42 Å². The van der Waals surface area contributed by atoms with E-state index >= 15 is 0 Å². The third kappa shape index (κ3) is 3.15. The maximum Gasteiger partial charge on any atom is 0.251 e. The zero-order chi connectivity index (χ0) is 13.8. The molecular weight excluding hydrogens is 248 g/mol. The maximum atomic E-state index is 11.9. The lowest BCUT2D eigenvalue weighted by atomic mass is 10.1. The van der Waals surface area contributed by atoms with E-state index < -0.39 is 0 Å². The van der Waals surface area contributed by atoms with Gasteiger partial charge < -0.3 is 20.5 Å². The SMILES string of the molecule is COc1cc(C(=O)NCC2CCC(=O)N2)ccc1O. The Bertz CT molecular complexity index is 501. The Morgan fingerprint density at radius 1 is 1.58 bits per heavy atom. The molecule has 0 radical (unpaired) electrons. The van der Waals surface area contributed by atoms with Crippen molar-refractivity contribution < 1.29 is 19.4 Å². The maximum absolute atomic E-state index is 11.9. The minimum Gasteiger partial charge on any atom is -0.504 e. The molecule has 2 amide bonds. The molecule has 1 saturated heterocycles. The van der Waals surface area contributed by atoms with Crippen LogP contribution in [-0.4, -0.2) is 36.6 Å². The van der Waals surface area contributed by atoms with E-state index in [1.807, 2.05) is 0 Å². The number of ether oxygens (including phenoxy) is 1. The van der Waals surface area contributed by atoms with Gasteiger partial charge in [-0.1, -0.05) is 0 Å². The number of hydrogen-bond acceptors (Lipinski definition) is 4. The van der Waals surface area contributed by atoms with E-state index in [-0.39, 0.29) is 29.4 Å². The lowest BCUT2D eigenvalue weighted by Gasteiger charge is -2.12. The highest BCUT2D eigenvalue weighted by Crippen LogP contribution is 2.26. The number of carbonyl (C=O) groups excluding carboxylic acids is 2. The monoisotopic (exact) mass is 264 g/mol. The highest BCUT2D eigenvalue weighted by Gasteiger charge is 2.21. The molecule has 1 atom stereocenters. The summed E-state index contributed by atoms with van der Waals surface area (Å²) in [5.74, 6) is -0.00562. The number of rotatable bonds is 4. The normalized spacial score (nSPS) is 17.9. The molecule has 0 saturated carbocycles. The van der Waals surface area contributed by atoms with Gasteiger partial charge in [-0.3, -0.25) is 9.59 Å². The molecule has 1 aromatic rings. The third-order valence-electron chi connectivity index (χ3n) is 3.04. The minimum atomic E-state index is -0.264. The molecular formula is C13H16N2O4. The van der Waals surface area contributed by atoms with Crippen molar-refractivity contribution in [2.24, 2.45) is 0 Å². The van der Waals surface area contributed by atoms with Gasteiger partial charge >= 0.3 is 0 Å². The summed E-state index contributed by atoms with van der Waals surface area (Å²) in [5.41, 5.74) is 0.402. The molecule has 6 nitrogen and oxygen atoms in total. The Labute approximate surface area is 110 Å². The zero-order valence-corrected chi connectivity index (χ0v) is 10.6. The van der Waals surface area contributed by atoms with Crippen LogP contribution in [0.15, 0.2) is 18.2 Å². The Morgan fingerprint density at radius 2 is 2.37 bits per heavy atom. The highest BCUT2D eigenvalue weighted by molar-refractivity contribution is 5.95. The van der Waals surface area contributed by atoms with Crippen molar-refractivity contribution in [2.45, 2.75) is 18.9 Å². The second-order valence-electron chi connectivity index (χ2n) is 4.40. The van der Waals surface area contributed by atoms with E-state index in [1.54, 1.807) is 0 Å². The summed E-state index contributed by atoms with van der Waals surface area (Å²) in [6.45, 7) is 0.397. The molecule has 6 heteroatoms. The number of carbonyl (C=O) groups is 2. The second-order valence-corrected chi connectivity index (χ2v) is 4.40. The molecule has 1 unspecified atom stereocenters. The van der Waals surface area contributed by atoms with Crippen molar-refractivity contribution in [1.29, 1.82) is 0 Å². The van der Waals surface area contributed by atoms with Gasteiger partial charge in [0.05, 0.1) is 7.11 Å². The first-order chi connectivity index (χ1) is 9.10. The summed E-state index contributed by atoms with van der Waals surface area (Å²) in [7, 11) is 1.42. The highest BCUT2D eigenvalue weighted by atomic mass is 16.5. The first-order valence-electron chi connectivity index (χ1n) is 6.04. The molecule has 1 heterocycles. The fraction of sp³-hybridized carbons (Fsp3) is 0.385. The van der Waals surface area contributed by atoms with Crippen LogP contribution in [0.5, 0.6) is 11.5 Å². The van der Waals surface area contributed by atoms with Crippen molar-refractivity contribution >= 4 is 11.8 Å². The lowest BCUT2D eigenvalue weighted by molar-refractivity contribution is -0.119. The van der Waals surface area contributed by atoms with Crippen LogP contribution >= 0.6 is 0 Å². The molecule has 3 N–H and O–H groups in total. The van der Waals surface area contributed by atoms with E-state index in [0.29, 0.717) is 18.5 Å². The first kappa shape index (κ1) is 13.2. The average Bonchev–Trinajstić information content (AvgIpc) is 2.82. The van der Waals surface area contributed by atoms with E-state index in [2.05, 4.69) is 10.6 Å². The molecule has 1 aliphatic heterocycles. The molecule has 0 aromatic heterocycles. The Kier molecular flexibility index (Phi) is 3.89. The number of amides is 2. The van der Waals surface area contributed by atoms with Gasteiger partial charge in [-0.15, -0.1) is 0 Å². The molecule has 1 aromatic carbocycles. The smallest absolute Gasteiger partial charge is 0.251 e. The number of methoxy groups -OCH3 is 1. The predicted octanol–water partition coefficient (Wildman–Crippen LogP) is 0.409. The van der Waals surface area contributed by atoms with E-state index in [1.165, 1.54) is 25.3 Å². The van der Waals surface area contributed by atoms with Gasteiger partial charge in [0.2, 0.25) is 5.91 Å². The van der Waals surface area contributed by atoms with Crippen LogP contribution in [0.3, 0.4) is 0 Å². The zero-order valence-electron chi connectivity index (χ0n) is 10.6. The number of hydrogen-bond donors (Lipinski definition) is 3. The van der Waals surface area contributed by atoms with Crippen LogP contribution in [0.25, 0.3) is 0 Å². The van der Waals surface area contributed by atoms with Crippen LogP contribution < -0.4 is 15.4 Å². The Hall–Kier alpha value is -2.24. The van der Waals surface area contributed by atoms with Crippen LogP contribution in [0, 0.1) is 0 Å². The van der Waals surface area contributed by atoms with Crippen LogP contribution in [0.2, 0.25) is 0 Å². The number of nitrogens with one attached hydrogen (secondary N) is 2. The van der Waals surface area contributed by atoms with Crippen molar-refractivity contribution in [3.05, 3.63) is 23.8 Å². The second kappa shape index (κ2) is 5.60. The summed E-state index contributed by atoms with van der Waals surface area (Å²) in [4.78, 5) is 22.9. The molecule has 0 aliphatic carbocycles. The van der Waals surface area contributed by atoms with Gasteiger partial charge in [0, 0.05) is 24.6 Å². The standard InChI is InChI=1S/C13H16N2O4/c1-19-11-6-8(2-4-10(11)16)13(18)14-7-9-3-5-12(17)15-9/h2,4,6,9,16H,3,5,7H2,1H3,(H,14,18)(H,15,17). The summed E-state index contributed by atoms with van der Waals surface area (Å²) in [6, 6.07) is 4.39. The lowest BCUT2D eigenvalue weighted by Crippen LogP contribution is -2.38. The Morgan fingerprint density at radius 3 is 3.00 bits per heavy atom. The molecule has 1 fully saturated rings. The van der Waals surface area contributed by atoms with Gasteiger partial charge in [0.1, 0.15) is 0 Å². The summed E-state index contributed by atoms with van der Waals surface area (Å²) in [5, 5.41) is 15.0. The predicted molar refractivity (Wildman–Crippen MR) is 68.2 cm³/mol. The number of phenolic OH excluding ortho intramolecular Hbond substituents is 1. The van der Waals surface area contributed by atoms with Crippen LogP contribution in [-0.2, 0) is 4.79 Å². The fourth-order valence-electron chi connectivity index (χ4n) is 1.97. The van der Waals surface area contributed by atoms with E-state index in [4.69, 9.17) is 4.74 Å². The molecule has 0 spiro atoms. The quantitative estimate of drug-likeness (QED) is 0.735. The molecule has 102 valence electrons.